The smallest absolute Gasteiger partial charge is 0.311 e. The van der Waals surface area contributed by atoms with Gasteiger partial charge in [-0.2, -0.15) is 0 Å². The van der Waals surface area contributed by atoms with Crippen molar-refractivity contribution in [1.82, 2.24) is 4.98 Å². The molecule has 0 radical (unpaired) electrons. The van der Waals surface area contributed by atoms with Gasteiger partial charge in [0.05, 0.1) is 12.5 Å². The summed E-state index contributed by atoms with van der Waals surface area (Å²) >= 11 is 0. The Labute approximate surface area is 124 Å². The highest BCUT2D eigenvalue weighted by Gasteiger charge is 2.22. The number of benzene rings is 1. The van der Waals surface area contributed by atoms with Crippen LogP contribution < -0.4 is 4.74 Å². The molecule has 1 heterocycles. The van der Waals surface area contributed by atoms with Gasteiger partial charge in [0.2, 0.25) is 0 Å². The Kier molecular flexibility index (Phi) is 4.93. The molecule has 0 spiro atoms. The minimum absolute atomic E-state index is 0.451. The van der Waals surface area contributed by atoms with Gasteiger partial charge in [0.25, 0.3) is 0 Å². The fourth-order valence-corrected chi connectivity index (χ4v) is 2.38. The second-order valence-corrected chi connectivity index (χ2v) is 4.90. The molecule has 0 fully saturated rings. The maximum atomic E-state index is 11.6. The summed E-state index contributed by atoms with van der Waals surface area (Å²) in [6.45, 7) is 4.44. The van der Waals surface area contributed by atoms with E-state index in [4.69, 9.17) is 4.74 Å². The monoisotopic (exact) mass is 285 g/mol. The van der Waals surface area contributed by atoms with Crippen LogP contribution in [0.4, 0.5) is 0 Å². The highest BCUT2D eigenvalue weighted by Crippen LogP contribution is 2.27. The number of aliphatic carboxylic acids is 1. The number of aromatic nitrogens is 1. The summed E-state index contributed by atoms with van der Waals surface area (Å²) in [5.74, 6) is -0.617. The van der Waals surface area contributed by atoms with E-state index in [2.05, 4.69) is 4.98 Å². The van der Waals surface area contributed by atoms with Crippen molar-refractivity contribution in [3.05, 3.63) is 59.4 Å². The molecule has 1 aromatic carbocycles. The van der Waals surface area contributed by atoms with Crippen molar-refractivity contribution < 1.29 is 14.6 Å². The average molecular weight is 285 g/mol. The zero-order valence-electron chi connectivity index (χ0n) is 12.2. The summed E-state index contributed by atoms with van der Waals surface area (Å²) in [7, 11) is 0. The summed E-state index contributed by atoms with van der Waals surface area (Å²) < 4.78 is 5.44. The number of ether oxygens (including phenoxy) is 1. The largest absolute Gasteiger partial charge is 0.494 e. The van der Waals surface area contributed by atoms with Gasteiger partial charge in [-0.3, -0.25) is 9.78 Å². The molecule has 0 saturated heterocycles. The molecule has 2 aromatic rings. The van der Waals surface area contributed by atoms with Crippen LogP contribution in [-0.2, 0) is 11.2 Å². The zero-order chi connectivity index (χ0) is 15.2. The Morgan fingerprint density at radius 2 is 2.00 bits per heavy atom. The lowest BCUT2D eigenvalue weighted by molar-refractivity contribution is -0.138. The molecule has 110 valence electrons. The molecule has 4 heteroatoms. The van der Waals surface area contributed by atoms with Gasteiger partial charge in [0.1, 0.15) is 5.75 Å². The maximum Gasteiger partial charge on any atom is 0.311 e. The molecule has 1 atom stereocenters. The molecule has 4 nitrogen and oxygen atoms in total. The quantitative estimate of drug-likeness (QED) is 0.885. The summed E-state index contributed by atoms with van der Waals surface area (Å²) in [6, 6.07) is 9.26. The van der Waals surface area contributed by atoms with Gasteiger partial charge in [-0.15, -0.1) is 0 Å². The number of carbonyl (C=O) groups is 1. The van der Waals surface area contributed by atoms with Gasteiger partial charge < -0.3 is 9.84 Å². The number of hydrogen-bond donors (Lipinski definition) is 1. The normalized spacial score (nSPS) is 11.9. The summed E-state index contributed by atoms with van der Waals surface area (Å²) in [5, 5.41) is 9.54. The minimum Gasteiger partial charge on any atom is -0.494 e. The standard InChI is InChI=1S/C17H19NO3/c1-3-21-14-4-5-15(12(2)10-14)16(17(19)20)11-13-6-8-18-9-7-13/h4-10,16H,3,11H2,1-2H3,(H,19,20). The van der Waals surface area contributed by atoms with E-state index in [9.17, 15) is 9.90 Å². The molecular formula is C17H19NO3. The number of pyridine rings is 1. The van der Waals surface area contributed by atoms with E-state index in [1.807, 2.05) is 44.2 Å². The SMILES string of the molecule is CCOc1ccc(C(Cc2ccncc2)C(=O)O)c(C)c1. The number of aryl methyl sites for hydroxylation is 1. The predicted octanol–water partition coefficient (Wildman–Crippen LogP) is 3.20. The third-order valence-electron chi connectivity index (χ3n) is 3.41. The molecule has 1 unspecified atom stereocenters. The fourth-order valence-electron chi connectivity index (χ4n) is 2.38. The van der Waals surface area contributed by atoms with Gasteiger partial charge in [-0.25, -0.2) is 0 Å². The lowest BCUT2D eigenvalue weighted by atomic mass is 9.89. The highest BCUT2D eigenvalue weighted by atomic mass is 16.5. The van der Waals surface area contributed by atoms with Crippen LogP contribution >= 0.6 is 0 Å². The molecule has 21 heavy (non-hydrogen) atoms. The van der Waals surface area contributed by atoms with Gasteiger partial charge in [0.15, 0.2) is 0 Å². The third kappa shape index (κ3) is 3.81. The highest BCUT2D eigenvalue weighted by molar-refractivity contribution is 5.77. The van der Waals surface area contributed by atoms with Crippen LogP contribution in [0.25, 0.3) is 0 Å². The summed E-state index contributed by atoms with van der Waals surface area (Å²) in [6.07, 6.45) is 3.81. The molecule has 0 aliphatic heterocycles. The van der Waals surface area contributed by atoms with Crippen LogP contribution in [-0.4, -0.2) is 22.7 Å². The van der Waals surface area contributed by atoms with Crippen LogP contribution in [0.15, 0.2) is 42.7 Å². The number of carboxylic acid groups (broad SMARTS) is 1. The van der Waals surface area contributed by atoms with Crippen molar-refractivity contribution in [2.75, 3.05) is 6.61 Å². The number of rotatable bonds is 6. The molecule has 0 amide bonds. The van der Waals surface area contributed by atoms with Crippen LogP contribution in [0.3, 0.4) is 0 Å². The van der Waals surface area contributed by atoms with Crippen molar-refractivity contribution in [1.29, 1.82) is 0 Å². The van der Waals surface area contributed by atoms with Crippen LogP contribution in [0.2, 0.25) is 0 Å². The van der Waals surface area contributed by atoms with Crippen molar-refractivity contribution in [2.24, 2.45) is 0 Å². The second-order valence-electron chi connectivity index (χ2n) is 4.90. The minimum atomic E-state index is -0.820. The van der Waals surface area contributed by atoms with E-state index in [1.165, 1.54) is 0 Å². The first-order valence-electron chi connectivity index (χ1n) is 6.97. The molecule has 0 aliphatic rings. The second kappa shape index (κ2) is 6.88. The summed E-state index contributed by atoms with van der Waals surface area (Å²) in [5.41, 5.74) is 2.72. The Balaban J connectivity index is 2.28. The Hall–Kier alpha value is -2.36. The molecule has 2 rings (SSSR count). The lowest BCUT2D eigenvalue weighted by Gasteiger charge is -2.16. The lowest BCUT2D eigenvalue weighted by Crippen LogP contribution is -2.15. The van der Waals surface area contributed by atoms with E-state index in [0.29, 0.717) is 13.0 Å². The first-order chi connectivity index (χ1) is 10.1. The van der Waals surface area contributed by atoms with Gasteiger partial charge in [-0.05, 0) is 61.2 Å². The molecule has 1 aromatic heterocycles. The van der Waals surface area contributed by atoms with E-state index >= 15 is 0 Å². The third-order valence-corrected chi connectivity index (χ3v) is 3.41. The number of hydrogen-bond acceptors (Lipinski definition) is 3. The Morgan fingerprint density at radius 3 is 2.57 bits per heavy atom. The van der Waals surface area contributed by atoms with E-state index in [0.717, 1.165) is 22.4 Å². The Bertz CT molecular complexity index is 611. The van der Waals surface area contributed by atoms with Crippen molar-refractivity contribution in [3.8, 4) is 5.75 Å². The van der Waals surface area contributed by atoms with Gasteiger partial charge >= 0.3 is 5.97 Å². The van der Waals surface area contributed by atoms with Crippen LogP contribution in [0.1, 0.15) is 29.5 Å². The van der Waals surface area contributed by atoms with Crippen molar-refractivity contribution in [3.63, 3.8) is 0 Å². The number of carboxylic acids is 1. The Morgan fingerprint density at radius 1 is 1.29 bits per heavy atom. The van der Waals surface area contributed by atoms with Crippen molar-refractivity contribution >= 4 is 5.97 Å². The molecular weight excluding hydrogens is 266 g/mol. The first kappa shape index (κ1) is 15.0. The molecule has 0 saturated carbocycles. The molecule has 0 aliphatic carbocycles. The van der Waals surface area contributed by atoms with Gasteiger partial charge in [0, 0.05) is 12.4 Å². The zero-order valence-corrected chi connectivity index (χ0v) is 12.2. The average Bonchev–Trinajstić information content (AvgIpc) is 2.47. The first-order valence-corrected chi connectivity index (χ1v) is 6.97. The molecule has 1 N–H and O–H groups in total. The van der Waals surface area contributed by atoms with E-state index in [1.54, 1.807) is 12.4 Å². The molecule has 0 bridgehead atoms. The van der Waals surface area contributed by atoms with Gasteiger partial charge in [-0.1, -0.05) is 6.07 Å². The van der Waals surface area contributed by atoms with E-state index in [-0.39, 0.29) is 0 Å². The predicted molar refractivity (Wildman–Crippen MR) is 80.7 cm³/mol. The maximum absolute atomic E-state index is 11.6. The fraction of sp³-hybridized carbons (Fsp3) is 0.294. The van der Waals surface area contributed by atoms with Crippen molar-refractivity contribution in [2.45, 2.75) is 26.2 Å². The topological polar surface area (TPSA) is 59.4 Å². The number of nitrogens with zero attached hydrogens (tertiary/aromatic N) is 1. The van der Waals surface area contributed by atoms with Crippen LogP contribution in [0.5, 0.6) is 5.75 Å². The van der Waals surface area contributed by atoms with E-state index < -0.39 is 11.9 Å². The summed E-state index contributed by atoms with van der Waals surface area (Å²) in [4.78, 5) is 15.6. The van der Waals surface area contributed by atoms with Crippen LogP contribution in [0, 0.1) is 6.92 Å².